The van der Waals surface area contributed by atoms with Crippen molar-refractivity contribution in [2.75, 3.05) is 36.4 Å². The Hall–Kier alpha value is -4.10. The molecule has 0 atom stereocenters. The molecule has 7 nitrogen and oxygen atoms in total. The average molecular weight is 550 g/mol. The molecule has 2 fully saturated rings. The van der Waals surface area contributed by atoms with Gasteiger partial charge in [-0.3, -0.25) is 9.89 Å². The second-order valence-electron chi connectivity index (χ2n) is 12.2. The van der Waals surface area contributed by atoms with Gasteiger partial charge in [-0.2, -0.15) is 5.10 Å². The third kappa shape index (κ3) is 6.00. The first kappa shape index (κ1) is 27.1. The number of nitrogens with zero attached hydrogens (tertiary/aromatic N) is 2. The van der Waals surface area contributed by atoms with Gasteiger partial charge < -0.3 is 20.3 Å². The van der Waals surface area contributed by atoms with Crippen LogP contribution in [-0.2, 0) is 10.2 Å². The summed E-state index contributed by atoms with van der Waals surface area (Å²) in [4.78, 5) is 16.3. The number of anilines is 2. The number of ether oxygens (including phenoxy) is 1. The summed E-state index contributed by atoms with van der Waals surface area (Å²) in [6.07, 6.45) is 7.65. The average Bonchev–Trinajstić information content (AvgIpc) is 3.54. The van der Waals surface area contributed by atoms with E-state index in [1.165, 1.54) is 18.5 Å². The van der Waals surface area contributed by atoms with Crippen LogP contribution in [0.3, 0.4) is 0 Å². The van der Waals surface area contributed by atoms with Crippen LogP contribution in [0.5, 0.6) is 11.5 Å². The molecule has 7 heteroatoms. The molecule has 0 radical (unpaired) electrons. The molecule has 1 amide bonds. The van der Waals surface area contributed by atoms with Gasteiger partial charge in [0.05, 0.1) is 11.6 Å². The third-order valence-corrected chi connectivity index (χ3v) is 8.59. The van der Waals surface area contributed by atoms with E-state index in [2.05, 4.69) is 82.0 Å². The summed E-state index contributed by atoms with van der Waals surface area (Å²) in [5.41, 5.74) is 4.85. The maximum atomic E-state index is 13.8. The molecule has 2 saturated heterocycles. The first-order valence-electron chi connectivity index (χ1n) is 14.7. The Morgan fingerprint density at radius 3 is 2.41 bits per heavy atom. The van der Waals surface area contributed by atoms with Gasteiger partial charge in [0.15, 0.2) is 0 Å². The van der Waals surface area contributed by atoms with Gasteiger partial charge in [0.25, 0.3) is 0 Å². The Bertz CT molecular complexity index is 1460. The van der Waals surface area contributed by atoms with E-state index >= 15 is 0 Å². The van der Waals surface area contributed by atoms with E-state index in [9.17, 15) is 4.79 Å². The smallest absolute Gasteiger partial charge is 0.235 e. The van der Waals surface area contributed by atoms with E-state index in [0.29, 0.717) is 5.41 Å². The van der Waals surface area contributed by atoms with Crippen LogP contribution in [0.1, 0.15) is 45.1 Å². The van der Waals surface area contributed by atoms with Gasteiger partial charge in [-0.05, 0) is 91.7 Å². The van der Waals surface area contributed by atoms with Crippen LogP contribution in [0.2, 0.25) is 0 Å². The minimum Gasteiger partial charge on any atom is -0.457 e. The Morgan fingerprint density at radius 2 is 1.71 bits per heavy atom. The van der Waals surface area contributed by atoms with Crippen molar-refractivity contribution in [3.63, 3.8) is 0 Å². The fraction of sp³-hybridized carbons (Fsp3) is 0.353. The monoisotopic (exact) mass is 549 g/mol. The highest BCUT2D eigenvalue weighted by Crippen LogP contribution is 2.37. The van der Waals surface area contributed by atoms with Crippen molar-refractivity contribution in [1.29, 1.82) is 0 Å². The fourth-order valence-corrected chi connectivity index (χ4v) is 6.27. The van der Waals surface area contributed by atoms with Crippen molar-refractivity contribution in [2.24, 2.45) is 5.41 Å². The Labute approximate surface area is 242 Å². The minimum absolute atomic E-state index is 0.0286. The Balaban J connectivity index is 1.14. The molecule has 0 spiro atoms. The molecule has 1 aromatic heterocycles. The van der Waals surface area contributed by atoms with Gasteiger partial charge in [0, 0.05) is 42.3 Å². The highest BCUT2D eigenvalue weighted by Gasteiger charge is 2.41. The number of aromatic nitrogens is 2. The molecule has 0 saturated carbocycles. The number of carbonyl (C=O) groups is 1. The summed E-state index contributed by atoms with van der Waals surface area (Å²) in [5.74, 6) is 1.58. The fourth-order valence-electron chi connectivity index (χ4n) is 6.27. The van der Waals surface area contributed by atoms with E-state index in [-0.39, 0.29) is 5.91 Å². The van der Waals surface area contributed by atoms with E-state index in [1.807, 2.05) is 36.5 Å². The molecule has 3 aromatic carbocycles. The molecule has 2 aliphatic heterocycles. The van der Waals surface area contributed by atoms with Crippen LogP contribution in [-0.4, -0.2) is 42.3 Å². The predicted molar refractivity (Wildman–Crippen MR) is 165 cm³/mol. The van der Waals surface area contributed by atoms with E-state index < -0.39 is 5.41 Å². The van der Waals surface area contributed by atoms with Crippen LogP contribution in [0.4, 0.5) is 11.4 Å². The first-order chi connectivity index (χ1) is 19.9. The lowest BCUT2D eigenvalue weighted by atomic mass is 9.72. The zero-order valence-electron chi connectivity index (χ0n) is 24.0. The zero-order valence-corrected chi connectivity index (χ0v) is 24.0. The van der Waals surface area contributed by atoms with Crippen molar-refractivity contribution >= 4 is 17.3 Å². The number of hydrogen-bond acceptors (Lipinski definition) is 5. The maximum Gasteiger partial charge on any atom is 0.235 e. The summed E-state index contributed by atoms with van der Waals surface area (Å²) in [5, 5.41) is 13.5. The lowest BCUT2D eigenvalue weighted by Crippen LogP contribution is -2.48. The minimum atomic E-state index is -0.585. The molecule has 4 aromatic rings. The maximum absolute atomic E-state index is 13.8. The predicted octanol–water partition coefficient (Wildman–Crippen LogP) is 6.76. The summed E-state index contributed by atoms with van der Waals surface area (Å²) in [7, 11) is 0. The highest BCUT2D eigenvalue weighted by molar-refractivity contribution is 5.99. The molecule has 3 N–H and O–H groups in total. The summed E-state index contributed by atoms with van der Waals surface area (Å²) in [6, 6.07) is 24.3. The second-order valence-corrected chi connectivity index (χ2v) is 12.2. The molecule has 0 bridgehead atoms. The van der Waals surface area contributed by atoms with Crippen LogP contribution in [0.25, 0.3) is 11.1 Å². The van der Waals surface area contributed by atoms with Crippen molar-refractivity contribution in [3.05, 3.63) is 90.8 Å². The molecule has 41 heavy (non-hydrogen) atoms. The topological polar surface area (TPSA) is 82.3 Å². The number of rotatable bonds is 7. The Kier molecular flexibility index (Phi) is 7.54. The van der Waals surface area contributed by atoms with E-state index in [0.717, 1.165) is 72.9 Å². The van der Waals surface area contributed by atoms with Crippen molar-refractivity contribution in [2.45, 2.75) is 44.9 Å². The Morgan fingerprint density at radius 1 is 0.927 bits per heavy atom. The number of benzene rings is 3. The van der Waals surface area contributed by atoms with Crippen molar-refractivity contribution in [1.82, 2.24) is 15.5 Å². The van der Waals surface area contributed by atoms with Crippen LogP contribution in [0.15, 0.2) is 85.2 Å². The van der Waals surface area contributed by atoms with Crippen LogP contribution in [0, 0.1) is 5.41 Å². The van der Waals surface area contributed by atoms with E-state index in [4.69, 9.17) is 4.74 Å². The van der Waals surface area contributed by atoms with Gasteiger partial charge >= 0.3 is 0 Å². The van der Waals surface area contributed by atoms with E-state index in [1.54, 1.807) is 6.20 Å². The molecule has 212 valence electrons. The van der Waals surface area contributed by atoms with Crippen LogP contribution < -0.4 is 20.3 Å². The highest BCUT2D eigenvalue weighted by atomic mass is 16.5. The van der Waals surface area contributed by atoms with Gasteiger partial charge in [0.1, 0.15) is 11.5 Å². The normalized spacial score (nSPS) is 18.0. The third-order valence-electron chi connectivity index (χ3n) is 8.59. The number of carbonyl (C=O) groups excluding carboxylic acids is 1. The van der Waals surface area contributed by atoms with Crippen molar-refractivity contribution in [3.8, 4) is 22.6 Å². The summed E-state index contributed by atoms with van der Waals surface area (Å²) >= 11 is 0. The van der Waals surface area contributed by atoms with Crippen LogP contribution >= 0.6 is 0 Å². The van der Waals surface area contributed by atoms with Crippen molar-refractivity contribution < 1.29 is 9.53 Å². The molecular formula is C34H39N5O2. The molecule has 0 unspecified atom stereocenters. The quantitative estimate of drug-likeness (QED) is 0.237. The SMILES string of the molecule is CC1(C)CCCN(c2cccc(Oc3ccc(NC(=O)C4(c5ccc(-c6cn[nH]c6)cc5)CCNCC4)cc3)c2)C1. The number of aromatic amines is 1. The lowest BCUT2D eigenvalue weighted by molar-refractivity contribution is -0.122. The number of H-pyrrole nitrogens is 1. The standard InChI is InChI=1S/C34H39N5O2/c1-33(2)15-4-20-39(24-33)29-5-3-6-31(21-29)41-30-13-11-28(12-14-30)38-32(40)34(16-18-35-19-17-34)27-9-7-25(8-10-27)26-22-36-37-23-26/h3,5-14,21-23,35H,4,15-20,24H2,1-2H3,(H,36,37)(H,38,40). The molecule has 3 heterocycles. The molecule has 6 rings (SSSR count). The largest absolute Gasteiger partial charge is 0.457 e. The summed E-state index contributed by atoms with van der Waals surface area (Å²) < 4.78 is 6.21. The second kappa shape index (κ2) is 11.4. The number of amides is 1. The van der Waals surface area contributed by atoms with Gasteiger partial charge in [-0.1, -0.05) is 44.2 Å². The zero-order chi connectivity index (χ0) is 28.3. The first-order valence-corrected chi connectivity index (χ1v) is 14.7. The number of piperidine rings is 2. The van der Waals surface area contributed by atoms with Gasteiger partial charge in [-0.25, -0.2) is 0 Å². The van der Waals surface area contributed by atoms with Gasteiger partial charge in [0.2, 0.25) is 5.91 Å². The number of nitrogens with one attached hydrogen (secondary N) is 3. The molecular weight excluding hydrogens is 510 g/mol. The summed E-state index contributed by atoms with van der Waals surface area (Å²) in [6.45, 7) is 8.41. The van der Waals surface area contributed by atoms with Gasteiger partial charge in [-0.15, -0.1) is 0 Å². The molecule has 0 aliphatic carbocycles. The molecule has 2 aliphatic rings. The lowest BCUT2D eigenvalue weighted by Gasteiger charge is -2.39. The number of hydrogen-bond donors (Lipinski definition) is 3.